The highest BCUT2D eigenvalue weighted by Crippen LogP contribution is 2.25. The van der Waals surface area contributed by atoms with Crippen molar-refractivity contribution in [3.8, 4) is 11.8 Å². The van der Waals surface area contributed by atoms with Crippen LogP contribution in [0.1, 0.15) is 5.82 Å². The molecule has 1 aromatic heterocycles. The van der Waals surface area contributed by atoms with E-state index in [0.717, 1.165) is 16.3 Å². The summed E-state index contributed by atoms with van der Waals surface area (Å²) < 4.78 is 10.6. The lowest BCUT2D eigenvalue weighted by molar-refractivity contribution is -0.145. The van der Waals surface area contributed by atoms with Crippen molar-refractivity contribution in [3.63, 3.8) is 0 Å². The highest BCUT2D eigenvalue weighted by Gasteiger charge is 2.15. The standard InChI is InChI=1S/C23H17N3O4/c24-12-17(23-25-18-9-3-4-10-19(18)26-23)20(27)13-30-22(28)14-29-21-11-5-7-15-6-1-2-8-16(15)21/h1-11,27H,13-14H2,(H,25,26)/b20-17-. The Morgan fingerprint density at radius 2 is 1.80 bits per heavy atom. The molecule has 2 N–H and O–H groups in total. The minimum atomic E-state index is -0.670. The van der Waals surface area contributed by atoms with E-state index in [1.165, 1.54) is 0 Å². The van der Waals surface area contributed by atoms with E-state index in [0.29, 0.717) is 11.3 Å². The van der Waals surface area contributed by atoms with Gasteiger partial charge in [0.1, 0.15) is 24.0 Å². The maximum atomic E-state index is 12.1. The van der Waals surface area contributed by atoms with Crippen molar-refractivity contribution < 1.29 is 19.4 Å². The highest BCUT2D eigenvalue weighted by atomic mass is 16.6. The van der Waals surface area contributed by atoms with E-state index in [2.05, 4.69) is 9.97 Å². The van der Waals surface area contributed by atoms with E-state index in [-0.39, 0.29) is 18.0 Å². The molecule has 0 aliphatic rings. The number of aromatic nitrogens is 2. The number of H-pyrrole nitrogens is 1. The van der Waals surface area contributed by atoms with Gasteiger partial charge in [-0.2, -0.15) is 5.26 Å². The number of imidazole rings is 1. The largest absolute Gasteiger partial charge is 0.507 e. The predicted octanol–water partition coefficient (Wildman–Crippen LogP) is 4.13. The van der Waals surface area contributed by atoms with Crippen LogP contribution in [0.3, 0.4) is 0 Å². The number of nitriles is 1. The molecule has 7 heteroatoms. The van der Waals surface area contributed by atoms with E-state index < -0.39 is 18.3 Å². The molecule has 0 bridgehead atoms. The zero-order chi connectivity index (χ0) is 20.9. The molecule has 4 rings (SSSR count). The highest BCUT2D eigenvalue weighted by molar-refractivity contribution is 5.88. The second-order valence-corrected chi connectivity index (χ2v) is 6.46. The quantitative estimate of drug-likeness (QED) is 0.287. The maximum Gasteiger partial charge on any atom is 0.344 e. The van der Waals surface area contributed by atoms with Crippen LogP contribution >= 0.6 is 0 Å². The van der Waals surface area contributed by atoms with Crippen molar-refractivity contribution >= 4 is 33.3 Å². The number of hydrogen-bond donors (Lipinski definition) is 2. The van der Waals surface area contributed by atoms with Crippen LogP contribution in [0, 0.1) is 11.3 Å². The summed E-state index contributed by atoms with van der Waals surface area (Å²) in [6, 6.07) is 22.3. The normalized spacial score (nSPS) is 11.7. The molecule has 0 spiro atoms. The summed E-state index contributed by atoms with van der Waals surface area (Å²) >= 11 is 0. The van der Waals surface area contributed by atoms with Crippen LogP contribution in [-0.2, 0) is 9.53 Å². The third kappa shape index (κ3) is 3.93. The Morgan fingerprint density at radius 3 is 2.63 bits per heavy atom. The Balaban J connectivity index is 1.41. The van der Waals surface area contributed by atoms with Crippen LogP contribution in [0.2, 0.25) is 0 Å². The fraction of sp³-hybridized carbons (Fsp3) is 0.0870. The molecule has 0 saturated heterocycles. The molecular formula is C23H17N3O4. The Morgan fingerprint density at radius 1 is 1.03 bits per heavy atom. The van der Waals surface area contributed by atoms with E-state index in [9.17, 15) is 15.2 Å². The van der Waals surface area contributed by atoms with Crippen molar-refractivity contribution in [1.82, 2.24) is 9.97 Å². The number of aromatic amines is 1. The van der Waals surface area contributed by atoms with Crippen molar-refractivity contribution in [3.05, 3.63) is 78.3 Å². The molecule has 148 valence electrons. The van der Waals surface area contributed by atoms with Crippen LogP contribution in [0.5, 0.6) is 5.75 Å². The third-order valence-corrected chi connectivity index (χ3v) is 4.49. The Labute approximate surface area is 171 Å². The summed E-state index contributed by atoms with van der Waals surface area (Å²) in [6.07, 6.45) is 0. The van der Waals surface area contributed by atoms with Gasteiger partial charge >= 0.3 is 5.97 Å². The average molecular weight is 399 g/mol. The van der Waals surface area contributed by atoms with Crippen molar-refractivity contribution in [1.29, 1.82) is 5.26 Å². The van der Waals surface area contributed by atoms with E-state index in [1.54, 1.807) is 12.1 Å². The molecule has 0 saturated carbocycles. The van der Waals surface area contributed by atoms with Gasteiger partial charge in [-0.25, -0.2) is 9.78 Å². The lowest BCUT2D eigenvalue weighted by atomic mass is 10.1. The first kappa shape index (κ1) is 19.0. The first-order valence-electron chi connectivity index (χ1n) is 9.19. The molecule has 0 aliphatic heterocycles. The molecule has 0 fully saturated rings. The van der Waals surface area contributed by atoms with Gasteiger partial charge in [-0.15, -0.1) is 0 Å². The molecule has 30 heavy (non-hydrogen) atoms. The Kier molecular flexibility index (Phi) is 5.31. The molecule has 0 aliphatic carbocycles. The zero-order valence-electron chi connectivity index (χ0n) is 15.8. The fourth-order valence-corrected chi connectivity index (χ4v) is 3.05. The maximum absolute atomic E-state index is 12.1. The predicted molar refractivity (Wildman–Crippen MR) is 112 cm³/mol. The molecule has 1 heterocycles. The SMILES string of the molecule is N#C/C(=C(/O)COC(=O)COc1cccc2ccccc12)c1nc2ccccc2[nH]1. The third-order valence-electron chi connectivity index (χ3n) is 4.49. The van der Waals surface area contributed by atoms with Gasteiger partial charge in [-0.1, -0.05) is 48.5 Å². The molecule has 0 atom stereocenters. The van der Waals surface area contributed by atoms with Crippen LogP contribution in [0.4, 0.5) is 0 Å². The van der Waals surface area contributed by atoms with Gasteiger partial charge in [0, 0.05) is 5.39 Å². The topological polar surface area (TPSA) is 108 Å². The van der Waals surface area contributed by atoms with Crippen LogP contribution in [0.25, 0.3) is 27.4 Å². The van der Waals surface area contributed by atoms with Crippen LogP contribution in [0.15, 0.2) is 72.5 Å². The number of carbonyl (C=O) groups is 1. The van der Waals surface area contributed by atoms with Crippen molar-refractivity contribution in [2.45, 2.75) is 0 Å². The fourth-order valence-electron chi connectivity index (χ4n) is 3.05. The number of ether oxygens (including phenoxy) is 2. The summed E-state index contributed by atoms with van der Waals surface area (Å²) in [4.78, 5) is 19.3. The Bertz CT molecular complexity index is 1260. The molecule has 4 aromatic rings. The number of benzene rings is 3. The van der Waals surface area contributed by atoms with Crippen molar-refractivity contribution in [2.24, 2.45) is 0 Å². The van der Waals surface area contributed by atoms with E-state index in [1.807, 2.05) is 60.7 Å². The van der Waals surface area contributed by atoms with E-state index >= 15 is 0 Å². The second-order valence-electron chi connectivity index (χ2n) is 6.46. The lowest BCUT2D eigenvalue weighted by Gasteiger charge is -2.09. The average Bonchev–Trinajstić information content (AvgIpc) is 3.20. The number of rotatable bonds is 6. The summed E-state index contributed by atoms with van der Waals surface area (Å²) in [5.41, 5.74) is 1.30. The van der Waals surface area contributed by atoms with Crippen molar-refractivity contribution in [2.75, 3.05) is 13.2 Å². The van der Waals surface area contributed by atoms with Gasteiger partial charge in [0.05, 0.1) is 11.0 Å². The number of carbonyl (C=O) groups excluding carboxylic acids is 1. The number of allylic oxidation sites excluding steroid dienone is 1. The molecular weight excluding hydrogens is 382 g/mol. The molecule has 3 aromatic carbocycles. The van der Waals surface area contributed by atoms with Gasteiger partial charge in [-0.05, 0) is 23.6 Å². The summed E-state index contributed by atoms with van der Waals surface area (Å²) in [5, 5.41) is 21.5. The number of para-hydroxylation sites is 2. The zero-order valence-corrected chi connectivity index (χ0v) is 15.8. The number of nitrogens with one attached hydrogen (secondary N) is 1. The number of fused-ring (bicyclic) bond motifs is 2. The lowest BCUT2D eigenvalue weighted by Crippen LogP contribution is -2.16. The molecule has 7 nitrogen and oxygen atoms in total. The number of esters is 1. The minimum absolute atomic E-state index is 0.0889. The number of hydrogen-bond acceptors (Lipinski definition) is 6. The van der Waals surface area contributed by atoms with Gasteiger partial charge in [-0.3, -0.25) is 0 Å². The van der Waals surface area contributed by atoms with Gasteiger partial charge in [0.2, 0.25) is 0 Å². The molecule has 0 radical (unpaired) electrons. The monoisotopic (exact) mass is 399 g/mol. The Hall–Kier alpha value is -4.31. The van der Waals surface area contributed by atoms with E-state index in [4.69, 9.17) is 9.47 Å². The first-order chi connectivity index (χ1) is 14.7. The second kappa shape index (κ2) is 8.37. The van der Waals surface area contributed by atoms with Crippen LogP contribution in [-0.4, -0.2) is 34.3 Å². The number of aliphatic hydroxyl groups excluding tert-OH is 1. The smallest absolute Gasteiger partial charge is 0.344 e. The summed E-state index contributed by atoms with van der Waals surface area (Å²) in [5.74, 6) is -0.296. The van der Waals surface area contributed by atoms with Gasteiger partial charge < -0.3 is 19.6 Å². The first-order valence-corrected chi connectivity index (χ1v) is 9.19. The van der Waals surface area contributed by atoms with Crippen LogP contribution < -0.4 is 4.74 Å². The van der Waals surface area contributed by atoms with Gasteiger partial charge in [0.25, 0.3) is 0 Å². The molecule has 0 unspecified atom stereocenters. The number of aliphatic hydroxyl groups is 1. The molecule has 0 amide bonds. The minimum Gasteiger partial charge on any atom is -0.507 e. The number of nitrogens with zero attached hydrogens (tertiary/aromatic N) is 2. The van der Waals surface area contributed by atoms with Gasteiger partial charge in [0.15, 0.2) is 18.2 Å². The summed E-state index contributed by atoms with van der Waals surface area (Å²) in [7, 11) is 0. The summed E-state index contributed by atoms with van der Waals surface area (Å²) in [6.45, 7) is -0.786.